The van der Waals surface area contributed by atoms with Crippen molar-refractivity contribution in [3.05, 3.63) is 35.4 Å². The van der Waals surface area contributed by atoms with E-state index in [9.17, 15) is 9.90 Å². The largest absolute Gasteiger partial charge is 0.378 e. The molecule has 94 valence electrons. The number of nitrogens with two attached hydrogens (primary N) is 1. The Morgan fingerprint density at radius 3 is 2.56 bits per heavy atom. The SMILES string of the molecule is CC(C)(O)C#Cc1ccc(C=NNC(N)=O)cc1. The van der Waals surface area contributed by atoms with Crippen molar-refractivity contribution in [1.82, 2.24) is 5.43 Å². The zero-order valence-electron chi connectivity index (χ0n) is 10.3. The third-order valence-electron chi connectivity index (χ3n) is 1.81. The van der Waals surface area contributed by atoms with Gasteiger partial charge in [-0.2, -0.15) is 5.10 Å². The number of benzene rings is 1. The van der Waals surface area contributed by atoms with E-state index in [-0.39, 0.29) is 0 Å². The van der Waals surface area contributed by atoms with E-state index in [1.165, 1.54) is 6.21 Å². The van der Waals surface area contributed by atoms with Gasteiger partial charge >= 0.3 is 6.03 Å². The fraction of sp³-hybridized carbons (Fsp3) is 0.231. The number of urea groups is 1. The number of hydrogen-bond donors (Lipinski definition) is 3. The predicted octanol–water partition coefficient (Wildman–Crippen LogP) is 0.811. The molecule has 0 atom stereocenters. The van der Waals surface area contributed by atoms with Crippen LogP contribution in [0.4, 0.5) is 4.79 Å². The van der Waals surface area contributed by atoms with Gasteiger partial charge < -0.3 is 10.8 Å². The second-order valence-corrected chi connectivity index (χ2v) is 4.17. The third-order valence-corrected chi connectivity index (χ3v) is 1.81. The number of nitrogens with zero attached hydrogens (tertiary/aromatic N) is 1. The van der Waals surface area contributed by atoms with Crippen LogP contribution in [0.2, 0.25) is 0 Å². The molecule has 0 aromatic heterocycles. The molecule has 0 aliphatic heterocycles. The van der Waals surface area contributed by atoms with Crippen LogP contribution in [0.25, 0.3) is 0 Å². The summed E-state index contributed by atoms with van der Waals surface area (Å²) in [4.78, 5) is 10.4. The van der Waals surface area contributed by atoms with Gasteiger partial charge in [0.05, 0.1) is 6.21 Å². The Balaban J connectivity index is 2.71. The number of aliphatic hydroxyl groups is 1. The number of hydrogen-bond acceptors (Lipinski definition) is 3. The van der Waals surface area contributed by atoms with Crippen molar-refractivity contribution in [2.75, 3.05) is 0 Å². The standard InChI is InChI=1S/C13H15N3O2/c1-13(2,18)8-7-10-3-5-11(6-4-10)9-15-16-12(14)17/h3-6,9,18H,1-2H3,(H3,14,16,17). The van der Waals surface area contributed by atoms with E-state index in [0.717, 1.165) is 11.1 Å². The molecule has 0 heterocycles. The maximum Gasteiger partial charge on any atom is 0.332 e. The van der Waals surface area contributed by atoms with Crippen molar-refractivity contribution in [2.45, 2.75) is 19.4 Å². The van der Waals surface area contributed by atoms with Crippen molar-refractivity contribution in [3.63, 3.8) is 0 Å². The van der Waals surface area contributed by atoms with Crippen molar-refractivity contribution in [3.8, 4) is 11.8 Å². The Morgan fingerprint density at radius 1 is 1.44 bits per heavy atom. The van der Waals surface area contributed by atoms with Gasteiger partial charge in [-0.25, -0.2) is 10.2 Å². The highest BCUT2D eigenvalue weighted by Gasteiger charge is 2.05. The van der Waals surface area contributed by atoms with Crippen LogP contribution in [0.3, 0.4) is 0 Å². The summed E-state index contributed by atoms with van der Waals surface area (Å²) in [5.74, 6) is 5.57. The van der Waals surface area contributed by atoms with E-state index in [2.05, 4.69) is 22.4 Å². The monoisotopic (exact) mass is 245 g/mol. The van der Waals surface area contributed by atoms with Gasteiger partial charge in [0.25, 0.3) is 0 Å². The molecule has 0 bridgehead atoms. The van der Waals surface area contributed by atoms with Gasteiger partial charge in [0.15, 0.2) is 0 Å². The summed E-state index contributed by atoms with van der Waals surface area (Å²) in [6.45, 7) is 3.24. The first-order valence-corrected chi connectivity index (χ1v) is 5.31. The highest BCUT2D eigenvalue weighted by atomic mass is 16.3. The van der Waals surface area contributed by atoms with Gasteiger partial charge in [0.1, 0.15) is 5.60 Å². The number of rotatable bonds is 2. The number of hydrazone groups is 1. The first-order valence-electron chi connectivity index (χ1n) is 5.31. The zero-order chi connectivity index (χ0) is 13.6. The second-order valence-electron chi connectivity index (χ2n) is 4.17. The molecule has 0 spiro atoms. The van der Waals surface area contributed by atoms with E-state index in [1.807, 2.05) is 0 Å². The summed E-state index contributed by atoms with van der Waals surface area (Å²) >= 11 is 0. The average Bonchev–Trinajstić information content (AvgIpc) is 2.26. The van der Waals surface area contributed by atoms with Crippen molar-refractivity contribution >= 4 is 12.2 Å². The molecule has 1 aromatic rings. The molecule has 5 heteroatoms. The molecule has 4 N–H and O–H groups in total. The number of carbonyl (C=O) groups is 1. The Kier molecular flexibility index (Phi) is 4.46. The van der Waals surface area contributed by atoms with Crippen molar-refractivity contribution < 1.29 is 9.90 Å². The molecular formula is C13H15N3O2. The fourth-order valence-electron chi connectivity index (χ4n) is 1.05. The van der Waals surface area contributed by atoms with Crippen LogP contribution < -0.4 is 11.2 Å². The van der Waals surface area contributed by atoms with Gasteiger partial charge in [-0.05, 0) is 31.5 Å². The fourth-order valence-corrected chi connectivity index (χ4v) is 1.05. The Morgan fingerprint density at radius 2 is 2.06 bits per heavy atom. The summed E-state index contributed by atoms with van der Waals surface area (Å²) in [7, 11) is 0. The molecule has 0 aliphatic carbocycles. The highest BCUT2D eigenvalue weighted by Crippen LogP contribution is 2.03. The van der Waals surface area contributed by atoms with E-state index in [0.29, 0.717) is 0 Å². The smallest absolute Gasteiger partial charge is 0.332 e. The topological polar surface area (TPSA) is 87.7 Å². The minimum absolute atomic E-state index is 0.709. The van der Waals surface area contributed by atoms with Crippen LogP contribution in [0.1, 0.15) is 25.0 Å². The molecule has 2 amide bonds. The molecule has 1 aromatic carbocycles. The lowest BCUT2D eigenvalue weighted by Crippen LogP contribution is -2.24. The Bertz CT molecular complexity index is 502. The molecule has 0 unspecified atom stereocenters. The van der Waals surface area contributed by atoms with Gasteiger partial charge in [-0.1, -0.05) is 24.0 Å². The quantitative estimate of drug-likeness (QED) is 0.409. The lowest BCUT2D eigenvalue weighted by molar-refractivity contribution is 0.143. The van der Waals surface area contributed by atoms with Crippen molar-refractivity contribution in [1.29, 1.82) is 0 Å². The molecule has 0 radical (unpaired) electrons. The highest BCUT2D eigenvalue weighted by molar-refractivity contribution is 5.81. The number of amides is 2. The normalized spacial score (nSPS) is 10.8. The van der Waals surface area contributed by atoms with E-state index >= 15 is 0 Å². The average molecular weight is 245 g/mol. The van der Waals surface area contributed by atoms with Crippen molar-refractivity contribution in [2.24, 2.45) is 10.8 Å². The minimum atomic E-state index is -1.01. The summed E-state index contributed by atoms with van der Waals surface area (Å²) in [6.07, 6.45) is 1.47. The lowest BCUT2D eigenvalue weighted by atomic mass is 10.1. The summed E-state index contributed by atoms with van der Waals surface area (Å²) in [5.41, 5.74) is 7.54. The van der Waals surface area contributed by atoms with Crippen LogP contribution in [-0.4, -0.2) is 23.0 Å². The number of carbonyl (C=O) groups excluding carboxylic acids is 1. The van der Waals surface area contributed by atoms with Gasteiger partial charge in [-0.3, -0.25) is 0 Å². The van der Waals surface area contributed by atoms with Crippen LogP contribution in [0.5, 0.6) is 0 Å². The van der Waals surface area contributed by atoms with Crippen LogP contribution in [0.15, 0.2) is 29.4 Å². The van der Waals surface area contributed by atoms with E-state index < -0.39 is 11.6 Å². The second kappa shape index (κ2) is 5.84. The first kappa shape index (κ1) is 13.7. The predicted molar refractivity (Wildman–Crippen MR) is 69.9 cm³/mol. The van der Waals surface area contributed by atoms with Crippen LogP contribution in [-0.2, 0) is 0 Å². The molecule has 0 fully saturated rings. The van der Waals surface area contributed by atoms with Gasteiger partial charge in [0.2, 0.25) is 0 Å². The minimum Gasteiger partial charge on any atom is -0.378 e. The zero-order valence-corrected chi connectivity index (χ0v) is 10.3. The van der Waals surface area contributed by atoms with Crippen LogP contribution in [0, 0.1) is 11.8 Å². The third kappa shape index (κ3) is 5.68. The van der Waals surface area contributed by atoms with Gasteiger partial charge in [0, 0.05) is 5.56 Å². The lowest BCUT2D eigenvalue weighted by Gasteiger charge is -2.05. The molecule has 5 nitrogen and oxygen atoms in total. The first-order chi connectivity index (χ1) is 8.37. The molecule has 18 heavy (non-hydrogen) atoms. The number of primary amides is 1. The molecule has 1 rings (SSSR count). The Hall–Kier alpha value is -2.32. The van der Waals surface area contributed by atoms with E-state index in [1.54, 1.807) is 38.1 Å². The number of nitrogens with one attached hydrogen (secondary N) is 1. The molecule has 0 aliphatic rings. The molecule has 0 saturated heterocycles. The summed E-state index contributed by atoms with van der Waals surface area (Å²) in [5, 5.41) is 13.1. The summed E-state index contributed by atoms with van der Waals surface area (Å²) < 4.78 is 0. The van der Waals surface area contributed by atoms with Gasteiger partial charge in [-0.15, -0.1) is 0 Å². The Labute approximate surface area is 106 Å². The maximum absolute atomic E-state index is 10.4. The van der Waals surface area contributed by atoms with E-state index in [4.69, 9.17) is 5.73 Å². The summed E-state index contributed by atoms with van der Waals surface area (Å²) in [6, 6.07) is 6.47. The molecular weight excluding hydrogens is 230 g/mol. The maximum atomic E-state index is 10.4. The van der Waals surface area contributed by atoms with Crippen LogP contribution >= 0.6 is 0 Å². The molecule has 0 saturated carbocycles.